The topological polar surface area (TPSA) is 66.9 Å². The summed E-state index contributed by atoms with van der Waals surface area (Å²) in [7, 11) is 1.57. The average molecular weight is 365 g/mol. The third-order valence-electron chi connectivity index (χ3n) is 5.37. The minimum Gasteiger partial charge on any atom is -0.872 e. The van der Waals surface area contributed by atoms with Gasteiger partial charge in [0, 0.05) is 16.5 Å². The Morgan fingerprint density at radius 1 is 1.19 bits per heavy atom. The van der Waals surface area contributed by atoms with Crippen LogP contribution >= 0.6 is 0 Å². The molecule has 0 bridgehead atoms. The second-order valence-corrected chi connectivity index (χ2v) is 7.11. The molecule has 2 aromatic carbocycles. The van der Waals surface area contributed by atoms with E-state index in [9.17, 15) is 9.90 Å². The summed E-state index contributed by atoms with van der Waals surface area (Å²) in [5, 5.41) is 13.3. The molecular weight excluding hydrogens is 342 g/mol. The van der Waals surface area contributed by atoms with Crippen molar-refractivity contribution in [2.45, 2.75) is 25.8 Å². The lowest BCUT2D eigenvalue weighted by Crippen LogP contribution is -3.11. The van der Waals surface area contributed by atoms with Gasteiger partial charge in [0.2, 0.25) is 0 Å². The van der Waals surface area contributed by atoms with E-state index in [2.05, 4.69) is 0 Å². The smallest absolute Gasteiger partial charge is 0.197 e. The van der Waals surface area contributed by atoms with E-state index in [1.54, 1.807) is 43.5 Å². The van der Waals surface area contributed by atoms with E-state index in [0.29, 0.717) is 40.0 Å². The predicted molar refractivity (Wildman–Crippen MR) is 100 cm³/mol. The summed E-state index contributed by atoms with van der Waals surface area (Å²) in [5.74, 6) is 0.436. The minimum atomic E-state index is -0.159. The van der Waals surface area contributed by atoms with E-state index < -0.39 is 0 Å². The van der Waals surface area contributed by atoms with Gasteiger partial charge in [-0.2, -0.15) is 0 Å². The molecule has 3 aromatic rings. The zero-order valence-electron chi connectivity index (χ0n) is 15.4. The van der Waals surface area contributed by atoms with Crippen LogP contribution in [-0.2, 0) is 6.54 Å². The average Bonchev–Trinajstić information content (AvgIpc) is 3.15. The number of furan rings is 1. The molecule has 2 heterocycles. The van der Waals surface area contributed by atoms with Crippen molar-refractivity contribution in [3.8, 4) is 11.5 Å². The molecule has 4 rings (SSSR count). The van der Waals surface area contributed by atoms with E-state index in [-0.39, 0.29) is 11.5 Å². The zero-order valence-corrected chi connectivity index (χ0v) is 15.4. The van der Waals surface area contributed by atoms with E-state index in [1.807, 2.05) is 0 Å². The molecule has 0 atom stereocenters. The molecule has 0 amide bonds. The fourth-order valence-electron chi connectivity index (χ4n) is 3.92. The summed E-state index contributed by atoms with van der Waals surface area (Å²) < 4.78 is 10.9. The van der Waals surface area contributed by atoms with Crippen LogP contribution in [0.2, 0.25) is 0 Å². The van der Waals surface area contributed by atoms with Crippen molar-refractivity contribution in [2.75, 3.05) is 20.2 Å². The number of fused-ring (bicyclic) bond motifs is 1. The van der Waals surface area contributed by atoms with Crippen LogP contribution in [0, 0.1) is 0 Å². The Balaban J connectivity index is 1.76. The first-order valence-electron chi connectivity index (χ1n) is 9.40. The van der Waals surface area contributed by atoms with Crippen LogP contribution in [0.1, 0.15) is 40.7 Å². The van der Waals surface area contributed by atoms with Gasteiger partial charge in [-0.15, -0.1) is 0 Å². The molecule has 0 aliphatic carbocycles. The number of piperidine rings is 1. The lowest BCUT2D eigenvalue weighted by molar-refractivity contribution is -0.918. The molecule has 1 aliphatic heterocycles. The third-order valence-corrected chi connectivity index (χ3v) is 5.37. The lowest BCUT2D eigenvalue weighted by Gasteiger charge is -2.26. The van der Waals surface area contributed by atoms with Gasteiger partial charge in [-0.1, -0.05) is 23.9 Å². The maximum absolute atomic E-state index is 13.1. The summed E-state index contributed by atoms with van der Waals surface area (Å²) in [4.78, 5) is 14.5. The number of nitrogens with one attached hydrogen (secondary N) is 1. The van der Waals surface area contributed by atoms with Crippen molar-refractivity contribution in [2.24, 2.45) is 0 Å². The molecule has 0 saturated carbocycles. The molecule has 5 heteroatoms. The summed E-state index contributed by atoms with van der Waals surface area (Å²) in [5.41, 5.74) is 2.24. The molecule has 140 valence electrons. The van der Waals surface area contributed by atoms with E-state index in [1.165, 1.54) is 30.4 Å². The van der Waals surface area contributed by atoms with Gasteiger partial charge in [-0.05, 0) is 37.5 Å². The van der Waals surface area contributed by atoms with Gasteiger partial charge >= 0.3 is 0 Å². The number of quaternary nitrogens is 1. The Morgan fingerprint density at radius 2 is 2.00 bits per heavy atom. The van der Waals surface area contributed by atoms with Gasteiger partial charge in [-0.25, -0.2) is 0 Å². The van der Waals surface area contributed by atoms with Gasteiger partial charge in [0.1, 0.15) is 24.1 Å². The second kappa shape index (κ2) is 7.45. The number of carbonyl (C=O) groups excluding carboxylic acids is 1. The predicted octanol–water partition coefficient (Wildman–Crippen LogP) is 2.31. The standard InChI is InChI=1S/C22H23NO4/c1-26-16-7-5-6-15(12-16)22(25)18-14-27-20-9-8-19(24)17(21(18)20)13-23-10-3-2-4-11-23/h5-9,12,14,24H,2-4,10-11,13H2,1H3. The van der Waals surface area contributed by atoms with E-state index in [0.717, 1.165) is 13.1 Å². The Kier molecular flexibility index (Phi) is 4.86. The molecule has 1 fully saturated rings. The van der Waals surface area contributed by atoms with Gasteiger partial charge in [0.05, 0.1) is 25.8 Å². The van der Waals surface area contributed by atoms with Crippen LogP contribution in [-0.4, -0.2) is 26.0 Å². The monoisotopic (exact) mass is 365 g/mol. The fraction of sp³-hybridized carbons (Fsp3) is 0.318. The Hall–Kier alpha value is -2.79. The number of hydrogen-bond donors (Lipinski definition) is 1. The van der Waals surface area contributed by atoms with Crippen LogP contribution in [0.5, 0.6) is 11.5 Å². The largest absolute Gasteiger partial charge is 0.872 e. The Morgan fingerprint density at radius 3 is 2.78 bits per heavy atom. The Labute approximate surface area is 158 Å². The number of carbonyl (C=O) groups is 1. The van der Waals surface area contributed by atoms with E-state index >= 15 is 0 Å². The van der Waals surface area contributed by atoms with Crippen LogP contribution < -0.4 is 14.7 Å². The van der Waals surface area contributed by atoms with Gasteiger partial charge < -0.3 is 19.2 Å². The highest BCUT2D eigenvalue weighted by molar-refractivity contribution is 6.16. The van der Waals surface area contributed by atoms with Crippen molar-refractivity contribution < 1.29 is 24.0 Å². The molecular formula is C22H23NO4. The van der Waals surface area contributed by atoms with Crippen molar-refractivity contribution in [3.05, 3.63) is 59.4 Å². The summed E-state index contributed by atoms with van der Waals surface area (Å²) in [6.07, 6.45) is 5.09. The highest BCUT2D eigenvalue weighted by atomic mass is 16.5. The number of methoxy groups -OCH3 is 1. The van der Waals surface area contributed by atoms with Gasteiger partial charge in [-0.3, -0.25) is 4.79 Å². The molecule has 1 aromatic heterocycles. The first kappa shape index (κ1) is 17.6. The highest BCUT2D eigenvalue weighted by Gasteiger charge is 2.22. The fourth-order valence-corrected chi connectivity index (χ4v) is 3.92. The normalized spacial score (nSPS) is 15.1. The van der Waals surface area contributed by atoms with E-state index in [4.69, 9.17) is 9.15 Å². The number of rotatable bonds is 5. The molecule has 0 spiro atoms. The summed E-state index contributed by atoms with van der Waals surface area (Å²) in [6.45, 7) is 2.76. The molecule has 27 heavy (non-hydrogen) atoms. The number of ketones is 1. The first-order valence-corrected chi connectivity index (χ1v) is 9.40. The number of likely N-dealkylation sites (tertiary alicyclic amines) is 1. The number of hydrogen-bond acceptors (Lipinski definition) is 4. The van der Waals surface area contributed by atoms with Crippen molar-refractivity contribution >= 4 is 16.8 Å². The van der Waals surface area contributed by atoms with Gasteiger partial charge in [0.15, 0.2) is 5.78 Å². The second-order valence-electron chi connectivity index (χ2n) is 7.11. The molecule has 1 N–H and O–H groups in total. The van der Waals surface area contributed by atoms with Crippen LogP contribution in [0.4, 0.5) is 0 Å². The lowest BCUT2D eigenvalue weighted by atomic mass is 9.98. The van der Waals surface area contributed by atoms with Crippen LogP contribution in [0.15, 0.2) is 47.1 Å². The van der Waals surface area contributed by atoms with Crippen molar-refractivity contribution in [1.29, 1.82) is 0 Å². The first-order chi connectivity index (χ1) is 13.2. The SMILES string of the molecule is COc1cccc(C(=O)c2coc3ccc([O-])c(C[NH+]4CCCCC4)c23)c1. The van der Waals surface area contributed by atoms with Crippen LogP contribution in [0.3, 0.4) is 0 Å². The number of benzene rings is 2. The van der Waals surface area contributed by atoms with Crippen molar-refractivity contribution in [1.82, 2.24) is 0 Å². The van der Waals surface area contributed by atoms with Gasteiger partial charge in [0.25, 0.3) is 0 Å². The van der Waals surface area contributed by atoms with Crippen molar-refractivity contribution in [3.63, 3.8) is 0 Å². The number of ether oxygens (including phenoxy) is 1. The third kappa shape index (κ3) is 3.43. The Bertz CT molecular complexity index is 970. The quantitative estimate of drug-likeness (QED) is 0.705. The molecule has 0 radical (unpaired) electrons. The molecule has 1 aliphatic rings. The molecule has 0 unspecified atom stereocenters. The minimum absolute atomic E-state index is 0.0262. The summed E-state index contributed by atoms with van der Waals surface area (Å²) >= 11 is 0. The van der Waals surface area contributed by atoms with Crippen LogP contribution in [0.25, 0.3) is 11.0 Å². The highest BCUT2D eigenvalue weighted by Crippen LogP contribution is 2.31. The molecule has 5 nitrogen and oxygen atoms in total. The maximum Gasteiger partial charge on any atom is 0.197 e. The zero-order chi connectivity index (χ0) is 18.8. The maximum atomic E-state index is 13.1. The molecule has 1 saturated heterocycles. The summed E-state index contributed by atoms with van der Waals surface area (Å²) in [6, 6.07) is 10.2.